The zero-order valence-electron chi connectivity index (χ0n) is 8.60. The van der Waals surface area contributed by atoms with Crippen LogP contribution in [0, 0.1) is 6.92 Å². The fourth-order valence-corrected chi connectivity index (χ4v) is 0.992. The van der Waals surface area contributed by atoms with Crippen molar-refractivity contribution in [1.82, 2.24) is 9.78 Å². The van der Waals surface area contributed by atoms with E-state index in [0.29, 0.717) is 0 Å². The van der Waals surface area contributed by atoms with Crippen LogP contribution in [-0.2, 0) is 11.3 Å². The first kappa shape index (κ1) is 11.2. The van der Waals surface area contributed by atoms with E-state index in [4.69, 9.17) is 5.11 Å². The maximum Gasteiger partial charge on any atom is 0.331 e. The molecule has 1 N–H and O–H groups in total. The number of hydrogen-bond donors (Lipinski definition) is 1. The molecule has 15 heavy (non-hydrogen) atoms. The van der Waals surface area contributed by atoms with Crippen LogP contribution >= 0.6 is 0 Å². The summed E-state index contributed by atoms with van der Waals surface area (Å²) >= 11 is 0. The van der Waals surface area contributed by atoms with Crippen molar-refractivity contribution >= 4 is 5.97 Å². The summed E-state index contributed by atoms with van der Waals surface area (Å²) in [5.41, 5.74) is 0.677. The van der Waals surface area contributed by atoms with Gasteiger partial charge >= 0.3 is 5.97 Å². The molecule has 1 aromatic rings. The van der Waals surface area contributed by atoms with Gasteiger partial charge in [-0.3, -0.25) is 4.79 Å². The molecule has 80 valence electrons. The number of aliphatic carboxylic acids is 1. The molecule has 1 heterocycles. The Hall–Kier alpha value is -1.91. The average Bonchev–Trinajstić information content (AvgIpc) is 2.18. The molecule has 5 nitrogen and oxygen atoms in total. The minimum absolute atomic E-state index is 0.179. The third-order valence-corrected chi connectivity index (χ3v) is 1.91. The molecule has 0 amide bonds. The van der Waals surface area contributed by atoms with Gasteiger partial charge in [0.2, 0.25) is 0 Å². The highest BCUT2D eigenvalue weighted by Gasteiger charge is 2.00. The molecule has 1 aromatic heterocycles. The summed E-state index contributed by atoms with van der Waals surface area (Å²) in [6, 6.07) is 3.03. The van der Waals surface area contributed by atoms with Crippen molar-refractivity contribution < 1.29 is 9.90 Å². The van der Waals surface area contributed by atoms with Crippen LogP contribution in [0.3, 0.4) is 0 Å². The molecule has 0 aromatic carbocycles. The molecule has 0 saturated carbocycles. The van der Waals surface area contributed by atoms with Crippen LogP contribution in [-0.4, -0.2) is 20.9 Å². The highest BCUT2D eigenvalue weighted by Crippen LogP contribution is 1.93. The molecule has 0 aliphatic carbocycles. The smallest absolute Gasteiger partial charge is 0.331 e. The lowest BCUT2D eigenvalue weighted by molar-refractivity contribution is -0.132. The van der Waals surface area contributed by atoms with Gasteiger partial charge in [0.25, 0.3) is 5.56 Å². The second-order valence-corrected chi connectivity index (χ2v) is 3.19. The lowest BCUT2D eigenvalue weighted by Crippen LogP contribution is -2.22. The predicted molar refractivity (Wildman–Crippen MR) is 54.6 cm³/mol. The van der Waals surface area contributed by atoms with Crippen LogP contribution in [0.25, 0.3) is 0 Å². The van der Waals surface area contributed by atoms with Gasteiger partial charge in [-0.1, -0.05) is 6.08 Å². The number of aromatic nitrogens is 2. The fraction of sp³-hybridized carbons (Fsp3) is 0.300. The van der Waals surface area contributed by atoms with Crippen molar-refractivity contribution in [2.75, 3.05) is 0 Å². The Kier molecular flexibility index (Phi) is 3.38. The van der Waals surface area contributed by atoms with Crippen molar-refractivity contribution in [3.05, 3.63) is 39.8 Å². The normalized spacial score (nSPS) is 11.5. The molecule has 0 saturated heterocycles. The van der Waals surface area contributed by atoms with E-state index in [1.165, 1.54) is 23.7 Å². The van der Waals surface area contributed by atoms with E-state index in [1.54, 1.807) is 13.0 Å². The Morgan fingerprint density at radius 3 is 2.87 bits per heavy atom. The highest BCUT2D eigenvalue weighted by molar-refractivity contribution is 5.85. The topological polar surface area (TPSA) is 72.2 Å². The van der Waals surface area contributed by atoms with Gasteiger partial charge in [-0.25, -0.2) is 9.48 Å². The maximum atomic E-state index is 11.3. The van der Waals surface area contributed by atoms with E-state index in [-0.39, 0.29) is 17.7 Å². The van der Waals surface area contributed by atoms with E-state index in [0.717, 1.165) is 5.69 Å². The highest BCUT2D eigenvalue weighted by atomic mass is 16.4. The number of carboxylic acid groups (broad SMARTS) is 1. The average molecular weight is 208 g/mol. The summed E-state index contributed by atoms with van der Waals surface area (Å²) in [5.74, 6) is -0.990. The molecule has 0 bridgehead atoms. The van der Waals surface area contributed by atoms with Crippen LogP contribution in [0.2, 0.25) is 0 Å². The first-order valence-electron chi connectivity index (χ1n) is 4.45. The van der Waals surface area contributed by atoms with E-state index in [9.17, 15) is 9.59 Å². The second-order valence-electron chi connectivity index (χ2n) is 3.19. The molecule has 0 spiro atoms. The number of rotatable bonds is 3. The van der Waals surface area contributed by atoms with Crippen LogP contribution in [0.1, 0.15) is 12.6 Å². The molecule has 0 radical (unpaired) electrons. The molecule has 0 atom stereocenters. The lowest BCUT2D eigenvalue weighted by atomic mass is 10.3. The summed E-state index contributed by atoms with van der Waals surface area (Å²) in [4.78, 5) is 21.8. The number of nitrogens with zero attached hydrogens (tertiary/aromatic N) is 2. The number of carbonyl (C=O) groups is 1. The number of aryl methyl sites for hydroxylation is 1. The molecular formula is C10H12N2O3. The van der Waals surface area contributed by atoms with Crippen LogP contribution < -0.4 is 5.56 Å². The Labute approximate surface area is 86.7 Å². The van der Waals surface area contributed by atoms with Crippen LogP contribution in [0.5, 0.6) is 0 Å². The van der Waals surface area contributed by atoms with Crippen molar-refractivity contribution in [1.29, 1.82) is 0 Å². The van der Waals surface area contributed by atoms with Gasteiger partial charge in [-0.15, -0.1) is 0 Å². The maximum absolute atomic E-state index is 11.3. The van der Waals surface area contributed by atoms with Gasteiger partial charge in [-0.2, -0.15) is 5.10 Å². The first-order chi connectivity index (χ1) is 7.00. The minimum atomic E-state index is -0.990. The van der Waals surface area contributed by atoms with E-state index in [2.05, 4.69) is 5.10 Å². The molecule has 0 aliphatic heterocycles. The van der Waals surface area contributed by atoms with E-state index < -0.39 is 5.97 Å². The third-order valence-electron chi connectivity index (χ3n) is 1.91. The fourth-order valence-electron chi connectivity index (χ4n) is 0.992. The van der Waals surface area contributed by atoms with Gasteiger partial charge < -0.3 is 5.11 Å². The number of carboxylic acids is 1. The zero-order valence-corrected chi connectivity index (χ0v) is 8.60. The summed E-state index contributed by atoms with van der Waals surface area (Å²) < 4.78 is 1.22. The molecule has 0 aliphatic rings. The third kappa shape index (κ3) is 3.05. The molecule has 5 heteroatoms. The Morgan fingerprint density at radius 1 is 1.60 bits per heavy atom. The number of allylic oxidation sites excluding steroid dienone is 1. The summed E-state index contributed by atoms with van der Waals surface area (Å²) in [6.45, 7) is 3.42. The zero-order chi connectivity index (χ0) is 11.4. The van der Waals surface area contributed by atoms with Crippen molar-refractivity contribution in [3.63, 3.8) is 0 Å². The van der Waals surface area contributed by atoms with Crippen molar-refractivity contribution in [3.8, 4) is 0 Å². The first-order valence-corrected chi connectivity index (χ1v) is 4.45. The van der Waals surface area contributed by atoms with Gasteiger partial charge in [0.05, 0.1) is 12.2 Å². The van der Waals surface area contributed by atoms with Gasteiger partial charge in [0, 0.05) is 11.6 Å². The van der Waals surface area contributed by atoms with Gasteiger partial charge in [-0.05, 0) is 19.9 Å². The standard InChI is InChI=1S/C10H12N2O3/c1-7(10(14)15)5-6-12-9(13)4-3-8(2)11-12/h3-5H,6H2,1-2H3,(H,14,15). The van der Waals surface area contributed by atoms with Crippen LogP contribution in [0.4, 0.5) is 0 Å². The van der Waals surface area contributed by atoms with Crippen LogP contribution in [0.15, 0.2) is 28.6 Å². The molecule has 0 fully saturated rings. The molecule has 1 rings (SSSR count). The second kappa shape index (κ2) is 4.54. The lowest BCUT2D eigenvalue weighted by Gasteiger charge is -2.01. The largest absolute Gasteiger partial charge is 0.478 e. The van der Waals surface area contributed by atoms with E-state index >= 15 is 0 Å². The predicted octanol–water partition coefficient (Wildman–Crippen LogP) is 0.583. The Morgan fingerprint density at radius 2 is 2.27 bits per heavy atom. The summed E-state index contributed by atoms with van der Waals surface area (Å²) in [5, 5.41) is 12.6. The SMILES string of the molecule is CC(=CCn1nc(C)ccc1=O)C(=O)O. The van der Waals surface area contributed by atoms with Gasteiger partial charge in [0.15, 0.2) is 0 Å². The molecule has 0 unspecified atom stereocenters. The van der Waals surface area contributed by atoms with E-state index in [1.807, 2.05) is 0 Å². The Balaban J connectivity index is 2.91. The minimum Gasteiger partial charge on any atom is -0.478 e. The van der Waals surface area contributed by atoms with Crippen molar-refractivity contribution in [2.45, 2.75) is 20.4 Å². The summed E-state index contributed by atoms with van der Waals surface area (Å²) in [6.07, 6.45) is 1.45. The number of hydrogen-bond acceptors (Lipinski definition) is 3. The molecular weight excluding hydrogens is 196 g/mol. The Bertz CT molecular complexity index is 460. The summed E-state index contributed by atoms with van der Waals surface area (Å²) in [7, 11) is 0. The van der Waals surface area contributed by atoms with Gasteiger partial charge in [0.1, 0.15) is 0 Å². The quantitative estimate of drug-likeness (QED) is 0.737. The monoisotopic (exact) mass is 208 g/mol. The van der Waals surface area contributed by atoms with Crippen molar-refractivity contribution in [2.24, 2.45) is 0 Å².